The van der Waals surface area contributed by atoms with Crippen molar-refractivity contribution in [3.63, 3.8) is 0 Å². The minimum atomic E-state index is 0.369. The van der Waals surface area contributed by atoms with Gasteiger partial charge in [0.15, 0.2) is 0 Å². The van der Waals surface area contributed by atoms with Crippen molar-refractivity contribution in [3.05, 3.63) is 23.1 Å². The molecule has 0 amide bonds. The Kier molecular flexibility index (Phi) is 3.66. The van der Waals surface area contributed by atoms with Crippen LogP contribution < -0.4 is 0 Å². The molecule has 0 nitrogen and oxygen atoms in total. The Balaban J connectivity index is 2.56. The second kappa shape index (κ2) is 4.36. The summed E-state index contributed by atoms with van der Waals surface area (Å²) in [6.45, 7) is 9.21. The summed E-state index contributed by atoms with van der Waals surface area (Å²) in [4.78, 5) is 1.55. The molecule has 0 radical (unpaired) electrons. The molecule has 0 saturated heterocycles. The lowest BCUT2D eigenvalue weighted by molar-refractivity contribution is 0.474. The first kappa shape index (κ1) is 10.9. The Labute approximate surface area is 86.5 Å². The van der Waals surface area contributed by atoms with E-state index >= 15 is 0 Å². The van der Waals surface area contributed by atoms with Gasteiger partial charge >= 0.3 is 0 Å². The molecule has 0 aliphatic heterocycles. The number of thioether (sulfide) groups is 1. The Hall–Kier alpha value is -0.170. The van der Waals surface area contributed by atoms with Crippen LogP contribution in [0.1, 0.15) is 34.1 Å². The van der Waals surface area contributed by atoms with Crippen molar-refractivity contribution in [2.75, 3.05) is 5.75 Å². The minimum absolute atomic E-state index is 0.369. The Morgan fingerprint density at radius 1 is 1.46 bits per heavy atom. The van der Waals surface area contributed by atoms with Gasteiger partial charge in [0.1, 0.15) is 0 Å². The summed E-state index contributed by atoms with van der Waals surface area (Å²) in [7, 11) is 0. The molecule has 1 rings (SSSR count). The average molecular weight is 196 g/mol. The first-order chi connectivity index (χ1) is 6.02. The number of allylic oxidation sites excluding steroid dienone is 4. The standard InChI is InChI=1S/C12H20S/c1-10(2)9-13-11-7-5-6-8-12(11,3)4/h5-7,10H,8-9H2,1-4H3. The largest absolute Gasteiger partial charge is 0.130 e. The van der Waals surface area contributed by atoms with E-state index in [9.17, 15) is 0 Å². The van der Waals surface area contributed by atoms with E-state index in [1.807, 2.05) is 11.8 Å². The third-order valence-corrected chi connectivity index (χ3v) is 4.08. The molecule has 0 heterocycles. The highest BCUT2D eigenvalue weighted by atomic mass is 32.2. The predicted octanol–water partition coefficient (Wildman–Crippen LogP) is 4.25. The van der Waals surface area contributed by atoms with Crippen LogP contribution in [0.15, 0.2) is 23.1 Å². The molecule has 0 saturated carbocycles. The van der Waals surface area contributed by atoms with Gasteiger partial charge in [0, 0.05) is 5.75 Å². The molecular formula is C12H20S. The van der Waals surface area contributed by atoms with Gasteiger partial charge in [-0.2, -0.15) is 0 Å². The van der Waals surface area contributed by atoms with Crippen molar-refractivity contribution in [2.45, 2.75) is 34.1 Å². The third kappa shape index (κ3) is 3.22. The van der Waals surface area contributed by atoms with Crippen LogP contribution >= 0.6 is 11.8 Å². The van der Waals surface area contributed by atoms with E-state index < -0.39 is 0 Å². The van der Waals surface area contributed by atoms with E-state index in [0.29, 0.717) is 5.41 Å². The molecule has 0 fully saturated rings. The van der Waals surface area contributed by atoms with E-state index in [1.54, 1.807) is 4.91 Å². The Bertz CT molecular complexity index is 221. The molecule has 0 unspecified atom stereocenters. The molecule has 0 aromatic heterocycles. The second-order valence-corrected chi connectivity index (χ2v) is 5.81. The first-order valence-corrected chi connectivity index (χ1v) is 6.01. The van der Waals surface area contributed by atoms with Gasteiger partial charge in [0.05, 0.1) is 0 Å². The highest BCUT2D eigenvalue weighted by molar-refractivity contribution is 8.03. The molecule has 13 heavy (non-hydrogen) atoms. The van der Waals surface area contributed by atoms with Crippen molar-refractivity contribution >= 4 is 11.8 Å². The van der Waals surface area contributed by atoms with E-state index in [4.69, 9.17) is 0 Å². The topological polar surface area (TPSA) is 0 Å². The lowest BCUT2D eigenvalue weighted by atomic mass is 9.86. The normalized spacial score (nSPS) is 20.5. The minimum Gasteiger partial charge on any atom is -0.130 e. The molecule has 0 spiro atoms. The van der Waals surface area contributed by atoms with Crippen LogP contribution in [0.2, 0.25) is 0 Å². The maximum Gasteiger partial charge on any atom is 0.00000975 e. The fraction of sp³-hybridized carbons (Fsp3) is 0.667. The van der Waals surface area contributed by atoms with Gasteiger partial charge < -0.3 is 0 Å². The molecule has 0 atom stereocenters. The summed E-state index contributed by atoms with van der Waals surface area (Å²) in [5, 5.41) is 0. The summed E-state index contributed by atoms with van der Waals surface area (Å²) in [6, 6.07) is 0. The Morgan fingerprint density at radius 2 is 2.15 bits per heavy atom. The summed E-state index contributed by atoms with van der Waals surface area (Å²) >= 11 is 2.02. The first-order valence-electron chi connectivity index (χ1n) is 5.02. The van der Waals surface area contributed by atoms with Crippen molar-refractivity contribution in [1.82, 2.24) is 0 Å². The lowest BCUT2D eigenvalue weighted by Gasteiger charge is -2.28. The molecule has 0 bridgehead atoms. The zero-order valence-corrected chi connectivity index (χ0v) is 9.95. The van der Waals surface area contributed by atoms with Crippen molar-refractivity contribution < 1.29 is 0 Å². The summed E-state index contributed by atoms with van der Waals surface area (Å²) < 4.78 is 0. The van der Waals surface area contributed by atoms with Crippen LogP contribution in [-0.2, 0) is 0 Å². The monoisotopic (exact) mass is 196 g/mol. The molecule has 74 valence electrons. The van der Waals surface area contributed by atoms with Gasteiger partial charge in [0.2, 0.25) is 0 Å². The van der Waals surface area contributed by atoms with Crippen LogP contribution in [0, 0.1) is 11.3 Å². The summed E-state index contributed by atoms with van der Waals surface area (Å²) in [5.74, 6) is 2.02. The van der Waals surface area contributed by atoms with Crippen LogP contribution in [-0.4, -0.2) is 5.75 Å². The lowest BCUT2D eigenvalue weighted by Crippen LogP contribution is -2.14. The summed E-state index contributed by atoms with van der Waals surface area (Å²) in [5.41, 5.74) is 0.369. The van der Waals surface area contributed by atoms with Crippen LogP contribution in [0.5, 0.6) is 0 Å². The molecular weight excluding hydrogens is 176 g/mol. The van der Waals surface area contributed by atoms with Gasteiger partial charge in [0.25, 0.3) is 0 Å². The van der Waals surface area contributed by atoms with Crippen molar-refractivity contribution in [3.8, 4) is 0 Å². The van der Waals surface area contributed by atoms with E-state index in [1.165, 1.54) is 12.2 Å². The molecule has 0 aromatic carbocycles. The van der Waals surface area contributed by atoms with E-state index in [2.05, 4.69) is 45.9 Å². The molecule has 1 aliphatic carbocycles. The zero-order valence-electron chi connectivity index (χ0n) is 9.13. The van der Waals surface area contributed by atoms with Crippen LogP contribution in [0.4, 0.5) is 0 Å². The predicted molar refractivity (Wildman–Crippen MR) is 62.9 cm³/mol. The van der Waals surface area contributed by atoms with Crippen LogP contribution in [0.3, 0.4) is 0 Å². The summed E-state index contributed by atoms with van der Waals surface area (Å²) in [6.07, 6.45) is 7.91. The highest BCUT2D eigenvalue weighted by Gasteiger charge is 2.23. The molecule has 0 N–H and O–H groups in total. The van der Waals surface area contributed by atoms with E-state index in [-0.39, 0.29) is 0 Å². The smallest absolute Gasteiger partial charge is 0.00000975 e. The SMILES string of the molecule is CC(C)CSC1=CC=CCC1(C)C. The maximum absolute atomic E-state index is 2.33. The molecule has 0 aromatic rings. The van der Waals surface area contributed by atoms with Gasteiger partial charge in [-0.25, -0.2) is 0 Å². The molecule has 1 aliphatic rings. The fourth-order valence-electron chi connectivity index (χ4n) is 1.34. The zero-order chi connectivity index (χ0) is 9.90. The average Bonchev–Trinajstić information content (AvgIpc) is 2.01. The maximum atomic E-state index is 2.33. The number of hydrogen-bond acceptors (Lipinski definition) is 1. The van der Waals surface area contributed by atoms with Gasteiger partial charge in [-0.3, -0.25) is 0 Å². The van der Waals surface area contributed by atoms with Gasteiger partial charge in [-0.15, -0.1) is 11.8 Å². The second-order valence-electron chi connectivity index (χ2n) is 4.75. The quantitative estimate of drug-likeness (QED) is 0.650. The van der Waals surface area contributed by atoms with Crippen molar-refractivity contribution in [1.29, 1.82) is 0 Å². The number of rotatable bonds is 3. The van der Waals surface area contributed by atoms with E-state index in [0.717, 1.165) is 5.92 Å². The third-order valence-electron chi connectivity index (χ3n) is 2.25. The fourth-order valence-corrected chi connectivity index (χ4v) is 2.51. The molecule has 1 heteroatoms. The highest BCUT2D eigenvalue weighted by Crippen LogP contribution is 2.40. The van der Waals surface area contributed by atoms with Crippen LogP contribution in [0.25, 0.3) is 0 Å². The van der Waals surface area contributed by atoms with Gasteiger partial charge in [-0.1, -0.05) is 45.9 Å². The Morgan fingerprint density at radius 3 is 2.69 bits per heavy atom. The van der Waals surface area contributed by atoms with Crippen molar-refractivity contribution in [2.24, 2.45) is 11.3 Å². The van der Waals surface area contributed by atoms with Gasteiger partial charge in [-0.05, 0) is 22.7 Å². The number of hydrogen-bond donors (Lipinski definition) is 0.